The first-order valence-corrected chi connectivity index (χ1v) is 5.13. The van der Waals surface area contributed by atoms with Gasteiger partial charge in [-0.2, -0.15) is 0 Å². The van der Waals surface area contributed by atoms with Crippen molar-refractivity contribution in [2.45, 2.75) is 20.3 Å². The summed E-state index contributed by atoms with van der Waals surface area (Å²) in [6, 6.07) is 1.46. The van der Waals surface area contributed by atoms with Crippen molar-refractivity contribution in [3.8, 4) is 0 Å². The molecule has 0 saturated carbocycles. The maximum Gasteiger partial charge on any atom is 0.252 e. The van der Waals surface area contributed by atoms with Gasteiger partial charge in [0.15, 0.2) is 0 Å². The summed E-state index contributed by atoms with van der Waals surface area (Å²) in [6.07, 6.45) is 0.967. The van der Waals surface area contributed by atoms with Gasteiger partial charge in [-0.1, -0.05) is 6.92 Å². The summed E-state index contributed by atoms with van der Waals surface area (Å²) >= 11 is 0. The molecular weight excluding hydrogens is 192 g/mol. The summed E-state index contributed by atoms with van der Waals surface area (Å²) in [7, 11) is 0. The van der Waals surface area contributed by atoms with E-state index in [4.69, 9.17) is 5.73 Å². The lowest BCUT2D eigenvalue weighted by molar-refractivity contribution is 0.567. The van der Waals surface area contributed by atoms with E-state index in [1.807, 2.05) is 0 Å². The summed E-state index contributed by atoms with van der Waals surface area (Å²) in [6.45, 7) is 5.34. The van der Waals surface area contributed by atoms with Crippen molar-refractivity contribution in [1.29, 1.82) is 0 Å². The monoisotopic (exact) mass is 210 g/mol. The Labute approximate surface area is 89.1 Å². The highest BCUT2D eigenvalue weighted by molar-refractivity contribution is 5.32. The largest absolute Gasteiger partial charge is 0.370 e. The normalized spacial score (nSPS) is 12.5. The fourth-order valence-corrected chi connectivity index (χ4v) is 1.34. The zero-order chi connectivity index (χ0) is 11.3. The molecule has 15 heavy (non-hydrogen) atoms. The molecule has 1 rings (SSSR count). The van der Waals surface area contributed by atoms with Crippen LogP contribution in [0.4, 0.5) is 5.82 Å². The van der Waals surface area contributed by atoms with Crippen LogP contribution in [0.2, 0.25) is 0 Å². The molecule has 5 nitrogen and oxygen atoms in total. The third-order valence-electron chi connectivity index (χ3n) is 2.15. The van der Waals surface area contributed by atoms with Crippen LogP contribution in [0, 0.1) is 12.8 Å². The number of H-pyrrole nitrogens is 1. The van der Waals surface area contributed by atoms with Gasteiger partial charge in [0.05, 0.1) is 0 Å². The minimum atomic E-state index is -0.128. The molecule has 0 spiro atoms. The minimum Gasteiger partial charge on any atom is -0.370 e. The molecule has 1 aromatic heterocycles. The molecule has 0 aromatic carbocycles. The minimum absolute atomic E-state index is 0.128. The summed E-state index contributed by atoms with van der Waals surface area (Å²) in [5.41, 5.74) is 5.32. The SMILES string of the molecule is Cc1nc(NCC(C)CCN)cc(=O)[nH]1. The zero-order valence-electron chi connectivity index (χ0n) is 9.21. The van der Waals surface area contributed by atoms with E-state index in [0.29, 0.717) is 24.1 Å². The van der Waals surface area contributed by atoms with E-state index in [0.717, 1.165) is 13.0 Å². The van der Waals surface area contributed by atoms with Crippen LogP contribution in [0.5, 0.6) is 0 Å². The second kappa shape index (κ2) is 5.50. The maximum atomic E-state index is 11.1. The number of nitrogens with two attached hydrogens (primary N) is 1. The molecule has 1 atom stereocenters. The van der Waals surface area contributed by atoms with E-state index in [1.54, 1.807) is 6.92 Å². The van der Waals surface area contributed by atoms with E-state index in [9.17, 15) is 4.79 Å². The van der Waals surface area contributed by atoms with E-state index in [1.165, 1.54) is 6.07 Å². The molecular formula is C10H18N4O. The lowest BCUT2D eigenvalue weighted by Crippen LogP contribution is -2.18. The van der Waals surface area contributed by atoms with E-state index in [-0.39, 0.29) is 5.56 Å². The van der Waals surface area contributed by atoms with Gasteiger partial charge in [0.1, 0.15) is 11.6 Å². The van der Waals surface area contributed by atoms with Crippen LogP contribution in [0.3, 0.4) is 0 Å². The van der Waals surface area contributed by atoms with Crippen molar-refractivity contribution in [3.63, 3.8) is 0 Å². The van der Waals surface area contributed by atoms with Gasteiger partial charge in [-0.15, -0.1) is 0 Å². The number of anilines is 1. The summed E-state index contributed by atoms with van der Waals surface area (Å²) in [4.78, 5) is 17.9. The number of rotatable bonds is 5. The van der Waals surface area contributed by atoms with Gasteiger partial charge in [0.25, 0.3) is 5.56 Å². The molecule has 0 aliphatic heterocycles. The predicted octanol–water partition coefficient (Wildman–Crippen LogP) is 0.475. The molecule has 1 heterocycles. The molecule has 0 aliphatic rings. The van der Waals surface area contributed by atoms with Gasteiger partial charge in [-0.05, 0) is 25.8 Å². The topological polar surface area (TPSA) is 83.8 Å². The first-order valence-electron chi connectivity index (χ1n) is 5.13. The van der Waals surface area contributed by atoms with Crippen molar-refractivity contribution in [1.82, 2.24) is 9.97 Å². The molecule has 0 amide bonds. The van der Waals surface area contributed by atoms with Crippen LogP contribution in [-0.4, -0.2) is 23.1 Å². The third-order valence-corrected chi connectivity index (χ3v) is 2.15. The Morgan fingerprint density at radius 2 is 2.40 bits per heavy atom. The lowest BCUT2D eigenvalue weighted by Gasteiger charge is -2.11. The lowest BCUT2D eigenvalue weighted by atomic mass is 10.1. The zero-order valence-corrected chi connectivity index (χ0v) is 9.21. The van der Waals surface area contributed by atoms with E-state index < -0.39 is 0 Å². The van der Waals surface area contributed by atoms with Gasteiger partial charge in [0.2, 0.25) is 0 Å². The van der Waals surface area contributed by atoms with Crippen LogP contribution in [0.1, 0.15) is 19.2 Å². The van der Waals surface area contributed by atoms with Gasteiger partial charge in [-0.25, -0.2) is 4.98 Å². The van der Waals surface area contributed by atoms with Crippen molar-refractivity contribution in [3.05, 3.63) is 22.2 Å². The highest BCUT2D eigenvalue weighted by Gasteiger charge is 2.02. The second-order valence-corrected chi connectivity index (χ2v) is 3.78. The highest BCUT2D eigenvalue weighted by Crippen LogP contribution is 2.03. The molecule has 0 bridgehead atoms. The number of aromatic amines is 1. The molecule has 84 valence electrons. The molecule has 4 N–H and O–H groups in total. The quantitative estimate of drug-likeness (QED) is 0.660. The Morgan fingerprint density at radius 1 is 1.67 bits per heavy atom. The van der Waals surface area contributed by atoms with Gasteiger partial charge >= 0.3 is 0 Å². The summed E-state index contributed by atoms with van der Waals surface area (Å²) in [5, 5.41) is 3.12. The van der Waals surface area contributed by atoms with Crippen molar-refractivity contribution >= 4 is 5.82 Å². The van der Waals surface area contributed by atoms with Crippen molar-refractivity contribution < 1.29 is 0 Å². The molecule has 1 unspecified atom stereocenters. The summed E-state index contributed by atoms with van der Waals surface area (Å²) < 4.78 is 0. The average molecular weight is 210 g/mol. The number of nitrogens with one attached hydrogen (secondary N) is 2. The van der Waals surface area contributed by atoms with Crippen LogP contribution < -0.4 is 16.6 Å². The molecule has 0 fully saturated rings. The number of hydrogen-bond acceptors (Lipinski definition) is 4. The molecule has 1 aromatic rings. The van der Waals surface area contributed by atoms with Crippen LogP contribution in [0.15, 0.2) is 10.9 Å². The van der Waals surface area contributed by atoms with Gasteiger partial charge in [-0.3, -0.25) is 4.79 Å². The van der Waals surface area contributed by atoms with Crippen LogP contribution >= 0.6 is 0 Å². The average Bonchev–Trinajstić information content (AvgIpc) is 2.14. The Hall–Kier alpha value is -1.36. The Morgan fingerprint density at radius 3 is 3.00 bits per heavy atom. The second-order valence-electron chi connectivity index (χ2n) is 3.78. The van der Waals surface area contributed by atoms with E-state index in [2.05, 4.69) is 22.2 Å². The number of hydrogen-bond donors (Lipinski definition) is 3. The van der Waals surface area contributed by atoms with Gasteiger partial charge < -0.3 is 16.0 Å². The molecule has 0 saturated heterocycles. The Bertz CT molecular complexity index is 361. The maximum absolute atomic E-state index is 11.1. The molecule has 5 heteroatoms. The first kappa shape index (κ1) is 11.7. The standard InChI is InChI=1S/C10H18N4O/c1-7(3-4-11)6-12-9-5-10(15)14-8(2)13-9/h5,7H,3-4,6,11H2,1-2H3,(H2,12,13,14,15). The fraction of sp³-hybridized carbons (Fsp3) is 0.600. The van der Waals surface area contributed by atoms with E-state index >= 15 is 0 Å². The third kappa shape index (κ3) is 4.12. The fourth-order valence-electron chi connectivity index (χ4n) is 1.34. The van der Waals surface area contributed by atoms with Crippen LogP contribution in [-0.2, 0) is 0 Å². The first-order chi connectivity index (χ1) is 7.11. The number of aromatic nitrogens is 2. The highest BCUT2D eigenvalue weighted by atomic mass is 16.1. The smallest absolute Gasteiger partial charge is 0.252 e. The van der Waals surface area contributed by atoms with Crippen LogP contribution in [0.25, 0.3) is 0 Å². The van der Waals surface area contributed by atoms with Crippen molar-refractivity contribution in [2.75, 3.05) is 18.4 Å². The molecule has 0 radical (unpaired) electrons. The summed E-state index contributed by atoms with van der Waals surface area (Å²) in [5.74, 6) is 1.73. The number of nitrogens with zero attached hydrogens (tertiary/aromatic N) is 1. The Balaban J connectivity index is 2.54. The molecule has 0 aliphatic carbocycles. The Kier molecular flexibility index (Phi) is 4.30. The van der Waals surface area contributed by atoms with Crippen molar-refractivity contribution in [2.24, 2.45) is 11.7 Å². The number of aryl methyl sites for hydroxylation is 1. The predicted molar refractivity (Wildman–Crippen MR) is 60.9 cm³/mol. The van der Waals surface area contributed by atoms with Gasteiger partial charge in [0, 0.05) is 12.6 Å².